The zero-order chi connectivity index (χ0) is 20.4. The van der Waals surface area contributed by atoms with Crippen molar-refractivity contribution in [1.82, 2.24) is 9.71 Å². The molecule has 0 aliphatic carbocycles. The zero-order valence-corrected chi connectivity index (χ0v) is 19.8. The van der Waals surface area contributed by atoms with Gasteiger partial charge in [0.05, 0.1) is 26.4 Å². The molecule has 158 valence electrons. The summed E-state index contributed by atoms with van der Waals surface area (Å²) in [4.78, 5) is 3.32. The van der Waals surface area contributed by atoms with E-state index in [0.29, 0.717) is 6.04 Å². The van der Waals surface area contributed by atoms with Crippen molar-refractivity contribution >= 4 is 20.9 Å². The number of hydrogen-bond donors (Lipinski definition) is 2. The van der Waals surface area contributed by atoms with Crippen LogP contribution in [0.2, 0.25) is 0 Å². The Kier molecular flexibility index (Phi) is 7.67. The lowest BCUT2D eigenvalue weighted by Crippen LogP contribution is -3.00. The van der Waals surface area contributed by atoms with Crippen LogP contribution in [0.25, 0.3) is 10.9 Å². The molecule has 0 amide bonds. The van der Waals surface area contributed by atoms with Crippen molar-refractivity contribution in [3.05, 3.63) is 71.4 Å². The van der Waals surface area contributed by atoms with Crippen LogP contribution in [0.15, 0.2) is 54.7 Å². The molecule has 3 aromatic rings. The maximum absolute atomic E-state index is 11.9. The van der Waals surface area contributed by atoms with Gasteiger partial charge in [-0.25, -0.2) is 13.1 Å². The van der Waals surface area contributed by atoms with E-state index in [1.165, 1.54) is 18.2 Å². The molecule has 0 saturated heterocycles. The highest BCUT2D eigenvalue weighted by atomic mass is 79.9. The largest absolute Gasteiger partial charge is 1.00 e. The van der Waals surface area contributed by atoms with Gasteiger partial charge in [-0.05, 0) is 37.2 Å². The number of fused-ring (bicyclic) bond motifs is 1. The fourth-order valence-corrected chi connectivity index (χ4v) is 4.31. The van der Waals surface area contributed by atoms with Gasteiger partial charge in [-0.15, -0.1) is 0 Å². The number of nitrogens with zero attached hydrogens (tertiary/aromatic N) is 1. The highest BCUT2D eigenvalue weighted by molar-refractivity contribution is 7.88. The van der Waals surface area contributed by atoms with Gasteiger partial charge in [-0.2, -0.15) is 0 Å². The van der Waals surface area contributed by atoms with E-state index >= 15 is 0 Å². The van der Waals surface area contributed by atoms with Gasteiger partial charge in [0.25, 0.3) is 0 Å². The van der Waals surface area contributed by atoms with Crippen LogP contribution < -0.4 is 21.7 Å². The summed E-state index contributed by atoms with van der Waals surface area (Å²) >= 11 is 0. The van der Waals surface area contributed by atoms with Crippen molar-refractivity contribution < 1.29 is 29.9 Å². The first-order chi connectivity index (χ1) is 13.2. The third kappa shape index (κ3) is 5.69. The van der Waals surface area contributed by atoms with Gasteiger partial charge in [-0.1, -0.05) is 36.4 Å². The summed E-state index contributed by atoms with van der Waals surface area (Å²) in [6.45, 7) is 3.26. The second-order valence-electron chi connectivity index (χ2n) is 8.00. The Hall–Kier alpha value is -1.67. The van der Waals surface area contributed by atoms with E-state index in [2.05, 4.69) is 55.0 Å². The minimum atomic E-state index is -3.28. The second kappa shape index (κ2) is 9.43. The van der Waals surface area contributed by atoms with Crippen LogP contribution in [0.1, 0.15) is 29.7 Å². The third-order valence-corrected chi connectivity index (χ3v) is 7.12. The van der Waals surface area contributed by atoms with E-state index in [9.17, 15) is 8.42 Å². The topological polar surface area (TPSA) is 62.0 Å². The van der Waals surface area contributed by atoms with Gasteiger partial charge in [0.2, 0.25) is 10.0 Å². The maximum atomic E-state index is 11.9. The van der Waals surface area contributed by atoms with Gasteiger partial charge >= 0.3 is 0 Å². The molecule has 0 radical (unpaired) electrons. The molecule has 2 N–H and O–H groups in total. The van der Waals surface area contributed by atoms with Crippen molar-refractivity contribution in [3.63, 3.8) is 0 Å². The lowest BCUT2D eigenvalue weighted by Gasteiger charge is -2.36. The minimum Gasteiger partial charge on any atom is -1.00 e. The van der Waals surface area contributed by atoms with Crippen molar-refractivity contribution in [2.45, 2.75) is 25.1 Å². The highest BCUT2D eigenvalue weighted by Crippen LogP contribution is 2.27. The molecule has 1 heterocycles. The van der Waals surface area contributed by atoms with Crippen molar-refractivity contribution in [2.75, 3.05) is 27.7 Å². The van der Waals surface area contributed by atoms with Gasteiger partial charge in [0, 0.05) is 29.1 Å². The van der Waals surface area contributed by atoms with Crippen LogP contribution in [0.3, 0.4) is 0 Å². The summed E-state index contributed by atoms with van der Waals surface area (Å²) < 4.78 is 27.0. The summed E-state index contributed by atoms with van der Waals surface area (Å²) in [5.41, 5.74) is 4.41. The summed E-state index contributed by atoms with van der Waals surface area (Å²) in [5, 5.41) is 1.11. The zero-order valence-electron chi connectivity index (χ0n) is 17.4. The van der Waals surface area contributed by atoms with E-state index in [0.717, 1.165) is 33.9 Å². The Morgan fingerprint density at radius 2 is 1.79 bits per heavy atom. The lowest BCUT2D eigenvalue weighted by molar-refractivity contribution is -0.919. The van der Waals surface area contributed by atoms with E-state index in [-0.39, 0.29) is 22.7 Å². The smallest absolute Gasteiger partial charge is 0.215 e. The molecule has 29 heavy (non-hydrogen) atoms. The Balaban J connectivity index is 0.00000300. The standard InChI is InChI=1S/C22H30N3O2S.BrH/c1-17(19-8-6-5-7-9-19)25(3,4)13-12-20-15-24-22-11-10-18(14-21(20)22)16-28(26,27)23-2;/h5-11,14-15,17,23-24H,12-13,16H2,1-4H3;1H/q+1;/p-1. The van der Waals surface area contributed by atoms with Crippen LogP contribution in [0.5, 0.6) is 0 Å². The molecule has 2 aromatic carbocycles. The van der Waals surface area contributed by atoms with Crippen molar-refractivity contribution in [1.29, 1.82) is 0 Å². The molecule has 0 aliphatic rings. The molecule has 1 atom stereocenters. The van der Waals surface area contributed by atoms with E-state index in [4.69, 9.17) is 0 Å². The Labute approximate surface area is 184 Å². The number of H-pyrrole nitrogens is 1. The number of hydrogen-bond acceptors (Lipinski definition) is 2. The molecule has 0 bridgehead atoms. The number of aromatic amines is 1. The van der Waals surface area contributed by atoms with Crippen LogP contribution in [-0.2, 0) is 22.2 Å². The molecule has 1 aromatic heterocycles. The Morgan fingerprint density at radius 1 is 1.10 bits per heavy atom. The number of benzene rings is 2. The molecule has 5 nitrogen and oxygen atoms in total. The van der Waals surface area contributed by atoms with E-state index in [1.807, 2.05) is 30.5 Å². The van der Waals surface area contributed by atoms with Crippen molar-refractivity contribution in [3.8, 4) is 0 Å². The number of aromatic nitrogens is 1. The first kappa shape index (κ1) is 23.6. The van der Waals surface area contributed by atoms with Gasteiger partial charge in [-0.3, -0.25) is 0 Å². The SMILES string of the molecule is CNS(=O)(=O)Cc1ccc2[nH]cc(CC[N+](C)(C)C(C)c3ccccc3)c2c1.[Br-]. The monoisotopic (exact) mass is 479 g/mol. The van der Waals surface area contributed by atoms with E-state index < -0.39 is 10.0 Å². The van der Waals surface area contributed by atoms with Gasteiger partial charge in [0.1, 0.15) is 6.04 Å². The highest BCUT2D eigenvalue weighted by Gasteiger charge is 2.25. The maximum Gasteiger partial charge on any atom is 0.215 e. The fourth-order valence-electron chi connectivity index (χ4n) is 3.55. The minimum absolute atomic E-state index is 0. The van der Waals surface area contributed by atoms with E-state index in [1.54, 1.807) is 0 Å². The normalized spacial score (nSPS) is 13.2. The third-order valence-electron chi connectivity index (χ3n) is 5.79. The first-order valence-electron chi connectivity index (χ1n) is 9.59. The van der Waals surface area contributed by atoms with Gasteiger partial charge in [0.15, 0.2) is 0 Å². The fraction of sp³-hybridized carbons (Fsp3) is 0.364. The van der Waals surface area contributed by atoms with Crippen LogP contribution in [-0.4, -0.2) is 45.6 Å². The summed E-state index contributed by atoms with van der Waals surface area (Å²) in [5.74, 6) is -0.00332. The predicted octanol–water partition coefficient (Wildman–Crippen LogP) is 0.601. The molecule has 0 aliphatic heterocycles. The molecule has 0 saturated carbocycles. The number of likely N-dealkylation sites (N-methyl/N-ethyl adjacent to an activating group) is 1. The molecule has 0 fully saturated rings. The molecular weight excluding hydrogens is 450 g/mol. The van der Waals surface area contributed by atoms with Crippen LogP contribution in [0, 0.1) is 0 Å². The van der Waals surface area contributed by atoms with Crippen LogP contribution >= 0.6 is 0 Å². The Morgan fingerprint density at radius 3 is 2.45 bits per heavy atom. The predicted molar refractivity (Wildman–Crippen MR) is 116 cm³/mol. The molecule has 1 unspecified atom stereocenters. The molecule has 3 rings (SSSR count). The van der Waals surface area contributed by atoms with Crippen LogP contribution in [0.4, 0.5) is 0 Å². The first-order valence-corrected chi connectivity index (χ1v) is 11.2. The second-order valence-corrected chi connectivity index (χ2v) is 9.92. The molecule has 7 heteroatoms. The van der Waals surface area contributed by atoms with Crippen molar-refractivity contribution in [2.24, 2.45) is 0 Å². The summed E-state index contributed by atoms with van der Waals surface area (Å²) in [6, 6.07) is 16.8. The number of rotatable bonds is 8. The Bertz CT molecular complexity index is 1050. The number of halogens is 1. The number of sulfonamides is 1. The summed E-state index contributed by atoms with van der Waals surface area (Å²) in [6.07, 6.45) is 2.97. The summed E-state index contributed by atoms with van der Waals surface area (Å²) in [7, 11) is 2.69. The average Bonchev–Trinajstić information content (AvgIpc) is 3.08. The number of quaternary nitrogens is 1. The molecule has 0 spiro atoms. The number of nitrogens with one attached hydrogen (secondary N) is 2. The molecular formula is C22H30BrN3O2S. The quantitative estimate of drug-likeness (QED) is 0.464. The lowest BCUT2D eigenvalue weighted by atomic mass is 10.0. The van der Waals surface area contributed by atoms with Gasteiger partial charge < -0.3 is 26.4 Å². The average molecular weight is 480 g/mol.